The van der Waals surface area contributed by atoms with Gasteiger partial charge in [0, 0.05) is 0 Å². The van der Waals surface area contributed by atoms with E-state index in [1.165, 1.54) is 0 Å². The third-order valence-corrected chi connectivity index (χ3v) is 5.68. The van der Waals surface area contributed by atoms with Crippen LogP contribution in [-0.2, 0) is 8.14 Å². The molecular formula is C12H11AlO2P+. The highest BCUT2D eigenvalue weighted by Crippen LogP contribution is 2.01. The Balaban J connectivity index is 2.35. The zero-order valence-electron chi connectivity index (χ0n) is 8.67. The van der Waals surface area contributed by atoms with Crippen molar-refractivity contribution in [2.75, 3.05) is 0 Å². The molecule has 0 aromatic heterocycles. The molecular weight excluding hydrogens is 234 g/mol. The van der Waals surface area contributed by atoms with Crippen molar-refractivity contribution in [3.05, 3.63) is 60.7 Å². The Hall–Kier alpha value is -0.968. The minimum Gasteiger partial charge on any atom is -0.279 e. The lowest BCUT2D eigenvalue weighted by atomic mass is 10.4. The first-order valence-corrected chi connectivity index (χ1v) is 7.49. The maximum Gasteiger partial charge on any atom is 0.621 e. The zero-order valence-corrected chi connectivity index (χ0v) is 10.8. The van der Waals surface area contributed by atoms with E-state index in [-0.39, 0.29) is 0 Å². The first-order chi connectivity index (χ1) is 7.92. The molecule has 2 rings (SSSR count). The summed E-state index contributed by atoms with van der Waals surface area (Å²) in [7, 11) is -0.699. The van der Waals surface area contributed by atoms with Crippen LogP contribution in [0.3, 0.4) is 0 Å². The van der Waals surface area contributed by atoms with Crippen molar-refractivity contribution < 1.29 is 8.14 Å². The topological polar surface area (TPSA) is 26.3 Å². The molecule has 0 spiro atoms. The van der Waals surface area contributed by atoms with Crippen LogP contribution in [0, 0.1) is 0 Å². The van der Waals surface area contributed by atoms with Gasteiger partial charge in [-0.15, -0.1) is 0 Å². The van der Waals surface area contributed by atoms with Crippen LogP contribution in [0.15, 0.2) is 60.7 Å². The summed E-state index contributed by atoms with van der Waals surface area (Å²) in [6.07, 6.45) is 0. The molecule has 2 aromatic rings. The van der Waals surface area contributed by atoms with E-state index in [9.17, 15) is 4.57 Å². The minimum absolute atomic E-state index is 0.699. The van der Waals surface area contributed by atoms with Gasteiger partial charge in [-0.2, -0.15) is 0 Å². The average Bonchev–Trinajstić information content (AvgIpc) is 2.38. The van der Waals surface area contributed by atoms with Gasteiger partial charge in [0.15, 0.2) is 0 Å². The van der Waals surface area contributed by atoms with Crippen LogP contribution in [-0.4, -0.2) is 14.5 Å². The third-order valence-electron chi connectivity index (χ3n) is 2.37. The lowest BCUT2D eigenvalue weighted by Gasteiger charge is -2.04. The Morgan fingerprint density at radius 1 is 0.812 bits per heavy atom. The fraction of sp³-hybridized carbons (Fsp3) is 0. The summed E-state index contributed by atoms with van der Waals surface area (Å²) >= 11 is -1.75. The van der Waals surface area contributed by atoms with Crippen LogP contribution in [0.5, 0.6) is 0 Å². The summed E-state index contributed by atoms with van der Waals surface area (Å²) in [5.74, 6) is 0. The Labute approximate surface area is 101 Å². The first kappa shape index (κ1) is 11.5. The van der Waals surface area contributed by atoms with Crippen LogP contribution in [0.25, 0.3) is 0 Å². The quantitative estimate of drug-likeness (QED) is 0.606. The van der Waals surface area contributed by atoms with Crippen molar-refractivity contribution in [2.24, 2.45) is 0 Å². The molecule has 0 saturated heterocycles. The van der Waals surface area contributed by atoms with Gasteiger partial charge < -0.3 is 0 Å². The first-order valence-electron chi connectivity index (χ1n) is 5.04. The van der Waals surface area contributed by atoms with E-state index in [1.807, 2.05) is 60.7 Å². The molecule has 0 aliphatic carbocycles. The molecule has 0 aliphatic heterocycles. The SMILES string of the molecule is O=[PH+][O][Al]([c]1ccccc1)[c]1ccccc1. The van der Waals surface area contributed by atoms with Gasteiger partial charge in [0.05, 0.1) is 0 Å². The summed E-state index contributed by atoms with van der Waals surface area (Å²) < 4.78 is 18.5. The highest BCUT2D eigenvalue weighted by Gasteiger charge is 2.31. The molecule has 0 aliphatic rings. The van der Waals surface area contributed by atoms with E-state index in [0.717, 1.165) is 8.85 Å². The molecule has 2 nitrogen and oxygen atoms in total. The van der Waals surface area contributed by atoms with E-state index < -0.39 is 23.2 Å². The molecule has 1 atom stereocenters. The second-order valence-corrected chi connectivity index (χ2v) is 6.61. The molecule has 4 heteroatoms. The summed E-state index contributed by atoms with van der Waals surface area (Å²) in [5, 5.41) is 0. The number of hydrogen-bond acceptors (Lipinski definition) is 2. The van der Waals surface area contributed by atoms with Gasteiger partial charge in [0.2, 0.25) is 0 Å². The number of hydrogen-bond donors (Lipinski definition) is 0. The van der Waals surface area contributed by atoms with Crippen LogP contribution in [0.1, 0.15) is 0 Å². The predicted molar refractivity (Wildman–Crippen MR) is 68.0 cm³/mol. The van der Waals surface area contributed by atoms with Crippen molar-refractivity contribution in [1.82, 2.24) is 0 Å². The number of benzene rings is 2. The highest BCUT2D eigenvalue weighted by atomic mass is 31.1. The van der Waals surface area contributed by atoms with Crippen molar-refractivity contribution >= 4 is 32.0 Å². The van der Waals surface area contributed by atoms with E-state index in [2.05, 4.69) is 0 Å². The molecule has 0 fully saturated rings. The second kappa shape index (κ2) is 5.94. The normalized spacial score (nSPS) is 10.2. The van der Waals surface area contributed by atoms with E-state index in [0.29, 0.717) is 0 Å². The smallest absolute Gasteiger partial charge is 0.279 e. The minimum atomic E-state index is -1.75. The molecule has 0 heterocycles. The molecule has 0 radical (unpaired) electrons. The van der Waals surface area contributed by atoms with Crippen LogP contribution in [0.4, 0.5) is 0 Å². The molecule has 2 aromatic carbocycles. The van der Waals surface area contributed by atoms with Gasteiger partial charge in [-0.25, -0.2) is 0 Å². The Morgan fingerprint density at radius 2 is 1.25 bits per heavy atom. The number of rotatable bonds is 4. The molecule has 0 saturated carbocycles. The largest absolute Gasteiger partial charge is 0.621 e. The van der Waals surface area contributed by atoms with Crippen molar-refractivity contribution in [3.8, 4) is 0 Å². The summed E-state index contributed by atoms with van der Waals surface area (Å²) in [4.78, 5) is 0. The van der Waals surface area contributed by atoms with Crippen molar-refractivity contribution in [1.29, 1.82) is 0 Å². The van der Waals surface area contributed by atoms with Gasteiger partial charge >= 0.3 is 23.2 Å². The van der Waals surface area contributed by atoms with Crippen molar-refractivity contribution in [3.63, 3.8) is 0 Å². The maximum atomic E-state index is 10.7. The van der Waals surface area contributed by atoms with Crippen LogP contribution >= 0.6 is 8.69 Å². The Bertz CT molecular complexity index is 408. The Morgan fingerprint density at radius 3 is 1.62 bits per heavy atom. The molecule has 0 bridgehead atoms. The second-order valence-electron chi connectivity index (χ2n) is 3.40. The molecule has 0 N–H and O–H groups in total. The van der Waals surface area contributed by atoms with Gasteiger partial charge in [-0.3, -0.25) is 3.58 Å². The van der Waals surface area contributed by atoms with E-state index in [4.69, 9.17) is 3.58 Å². The van der Waals surface area contributed by atoms with Crippen LogP contribution < -0.4 is 8.85 Å². The van der Waals surface area contributed by atoms with Gasteiger partial charge in [0.1, 0.15) is 0 Å². The highest BCUT2D eigenvalue weighted by molar-refractivity contribution is 7.21. The summed E-state index contributed by atoms with van der Waals surface area (Å²) in [5.41, 5.74) is 0. The predicted octanol–water partition coefficient (Wildman–Crippen LogP) is 1.75. The van der Waals surface area contributed by atoms with Crippen molar-refractivity contribution in [2.45, 2.75) is 0 Å². The lowest BCUT2D eigenvalue weighted by Crippen LogP contribution is -2.42. The van der Waals surface area contributed by atoms with Gasteiger partial charge in [-0.05, 0) is 4.57 Å². The molecule has 1 unspecified atom stereocenters. The fourth-order valence-electron chi connectivity index (χ4n) is 1.63. The molecule has 0 amide bonds. The summed E-state index contributed by atoms with van der Waals surface area (Å²) in [6.45, 7) is 0. The average molecular weight is 245 g/mol. The standard InChI is InChI=1S/2C6H5.Al.HO2P/c2*1-2-4-6-5-3-1;;1-3-2/h2*1-5H;;3H/q;;+1;. The molecule has 78 valence electrons. The third kappa shape index (κ3) is 2.78. The lowest BCUT2D eigenvalue weighted by molar-refractivity contribution is 0.538. The zero-order chi connectivity index (χ0) is 11.2. The van der Waals surface area contributed by atoms with Gasteiger partial charge in [0.25, 0.3) is 0 Å². The molecule has 16 heavy (non-hydrogen) atoms. The van der Waals surface area contributed by atoms with E-state index >= 15 is 0 Å². The Kier molecular flexibility index (Phi) is 4.27. The summed E-state index contributed by atoms with van der Waals surface area (Å²) in [6, 6.07) is 20.0. The monoisotopic (exact) mass is 245 g/mol. The maximum absolute atomic E-state index is 10.7. The van der Waals surface area contributed by atoms with E-state index in [1.54, 1.807) is 0 Å². The van der Waals surface area contributed by atoms with Crippen LogP contribution in [0.2, 0.25) is 0 Å². The fourth-order valence-corrected chi connectivity index (χ4v) is 4.63. The van der Waals surface area contributed by atoms with Gasteiger partial charge in [-0.1, -0.05) is 69.5 Å².